The first-order chi connectivity index (χ1) is 6.94. The molecule has 1 rings (SSSR count). The zero-order chi connectivity index (χ0) is 11.5. The van der Waals surface area contributed by atoms with Crippen LogP contribution in [0, 0.1) is 6.92 Å². The summed E-state index contributed by atoms with van der Waals surface area (Å²) in [6.45, 7) is 4.60. The van der Waals surface area contributed by atoms with Crippen molar-refractivity contribution >= 4 is 5.69 Å². The van der Waals surface area contributed by atoms with Crippen LogP contribution in [0.3, 0.4) is 0 Å². The summed E-state index contributed by atoms with van der Waals surface area (Å²) in [7, 11) is 1.96. The summed E-state index contributed by atoms with van der Waals surface area (Å²) in [6.07, 6.45) is 0. The molecule has 0 saturated carbocycles. The summed E-state index contributed by atoms with van der Waals surface area (Å²) < 4.78 is 0. The second-order valence-corrected chi connectivity index (χ2v) is 4.40. The van der Waals surface area contributed by atoms with Gasteiger partial charge >= 0.3 is 0 Å². The Labute approximate surface area is 91.5 Å². The molecule has 15 heavy (non-hydrogen) atoms. The Morgan fingerprint density at radius 2 is 2.13 bits per heavy atom. The average molecular weight is 208 g/mol. The second-order valence-electron chi connectivity index (χ2n) is 4.40. The molecule has 3 N–H and O–H groups in total. The number of aryl methyl sites for hydroxylation is 1. The Morgan fingerprint density at radius 1 is 1.47 bits per heavy atom. The summed E-state index contributed by atoms with van der Waals surface area (Å²) in [4.78, 5) is 2.01. The van der Waals surface area contributed by atoms with Gasteiger partial charge in [-0.3, -0.25) is 0 Å². The molecule has 0 aliphatic heterocycles. The molecule has 0 spiro atoms. The van der Waals surface area contributed by atoms with E-state index in [0.717, 1.165) is 5.69 Å². The van der Waals surface area contributed by atoms with Gasteiger partial charge in [0.05, 0.1) is 5.60 Å². The van der Waals surface area contributed by atoms with E-state index in [-0.39, 0.29) is 6.54 Å². The second kappa shape index (κ2) is 4.64. The third-order valence-corrected chi connectivity index (χ3v) is 2.46. The van der Waals surface area contributed by atoms with Crippen molar-refractivity contribution in [2.75, 3.05) is 25.0 Å². The zero-order valence-electron chi connectivity index (χ0n) is 9.70. The fraction of sp³-hybridized carbons (Fsp3) is 0.500. The highest BCUT2D eigenvalue weighted by Crippen LogP contribution is 2.16. The van der Waals surface area contributed by atoms with Crippen LogP contribution in [0.4, 0.5) is 5.69 Å². The lowest BCUT2D eigenvalue weighted by Crippen LogP contribution is -2.44. The highest BCUT2D eigenvalue weighted by Gasteiger charge is 2.20. The van der Waals surface area contributed by atoms with Crippen LogP contribution in [0.1, 0.15) is 12.5 Å². The lowest BCUT2D eigenvalue weighted by Gasteiger charge is -2.29. The van der Waals surface area contributed by atoms with Gasteiger partial charge in [0.2, 0.25) is 0 Å². The summed E-state index contributed by atoms with van der Waals surface area (Å²) >= 11 is 0. The Balaban J connectivity index is 2.73. The topological polar surface area (TPSA) is 49.5 Å². The maximum absolute atomic E-state index is 9.86. The maximum atomic E-state index is 9.86. The van der Waals surface area contributed by atoms with Gasteiger partial charge in [0.25, 0.3) is 0 Å². The number of nitrogens with two attached hydrogens (primary N) is 1. The Morgan fingerprint density at radius 3 is 2.67 bits per heavy atom. The molecule has 0 fully saturated rings. The normalized spacial score (nSPS) is 14.7. The van der Waals surface area contributed by atoms with Gasteiger partial charge in [-0.05, 0) is 31.5 Å². The average Bonchev–Trinajstić information content (AvgIpc) is 2.17. The molecule has 0 aliphatic rings. The largest absolute Gasteiger partial charge is 0.387 e. The number of hydrogen-bond donors (Lipinski definition) is 2. The SMILES string of the molecule is Cc1cccc(N(C)CC(C)(O)CN)c1. The van der Waals surface area contributed by atoms with Gasteiger partial charge in [-0.2, -0.15) is 0 Å². The highest BCUT2D eigenvalue weighted by molar-refractivity contribution is 5.47. The van der Waals surface area contributed by atoms with Crippen LogP contribution in [-0.4, -0.2) is 30.8 Å². The number of rotatable bonds is 4. The van der Waals surface area contributed by atoms with Crippen molar-refractivity contribution < 1.29 is 5.11 Å². The van der Waals surface area contributed by atoms with Crippen molar-refractivity contribution in [1.29, 1.82) is 0 Å². The Kier molecular flexibility index (Phi) is 3.72. The Hall–Kier alpha value is -1.06. The molecule has 0 heterocycles. The minimum atomic E-state index is -0.835. The number of aliphatic hydroxyl groups is 1. The van der Waals surface area contributed by atoms with Gasteiger partial charge in [0.1, 0.15) is 0 Å². The molecule has 84 valence electrons. The molecule has 3 nitrogen and oxygen atoms in total. The van der Waals surface area contributed by atoms with Gasteiger partial charge in [-0.1, -0.05) is 12.1 Å². The van der Waals surface area contributed by atoms with Crippen molar-refractivity contribution in [2.45, 2.75) is 19.4 Å². The van der Waals surface area contributed by atoms with Crippen molar-refractivity contribution in [3.05, 3.63) is 29.8 Å². The number of nitrogens with zero attached hydrogens (tertiary/aromatic N) is 1. The maximum Gasteiger partial charge on any atom is 0.0915 e. The number of anilines is 1. The van der Waals surface area contributed by atoms with Gasteiger partial charge in [-0.15, -0.1) is 0 Å². The first-order valence-corrected chi connectivity index (χ1v) is 5.15. The van der Waals surface area contributed by atoms with Crippen LogP contribution in [0.25, 0.3) is 0 Å². The predicted molar refractivity (Wildman–Crippen MR) is 64.1 cm³/mol. The van der Waals surface area contributed by atoms with Gasteiger partial charge in [0.15, 0.2) is 0 Å². The van der Waals surface area contributed by atoms with E-state index in [2.05, 4.69) is 19.1 Å². The molecular formula is C12H20N2O. The number of benzene rings is 1. The summed E-state index contributed by atoms with van der Waals surface area (Å²) in [5.74, 6) is 0. The summed E-state index contributed by atoms with van der Waals surface area (Å²) in [5.41, 5.74) is 6.97. The molecule has 0 radical (unpaired) electrons. The van der Waals surface area contributed by atoms with E-state index in [1.807, 2.05) is 24.1 Å². The minimum Gasteiger partial charge on any atom is -0.387 e. The first-order valence-electron chi connectivity index (χ1n) is 5.15. The molecule has 0 bridgehead atoms. The summed E-state index contributed by atoms with van der Waals surface area (Å²) in [5, 5.41) is 9.86. The van der Waals surface area contributed by atoms with E-state index < -0.39 is 5.60 Å². The molecule has 1 aromatic rings. The van der Waals surface area contributed by atoms with E-state index in [1.54, 1.807) is 6.92 Å². The predicted octanol–water partition coefficient (Wildman–Crippen LogP) is 1.14. The third-order valence-electron chi connectivity index (χ3n) is 2.46. The Bertz CT molecular complexity index is 323. The lowest BCUT2D eigenvalue weighted by molar-refractivity contribution is 0.0772. The fourth-order valence-corrected chi connectivity index (χ4v) is 1.53. The van der Waals surface area contributed by atoms with Crippen molar-refractivity contribution in [3.63, 3.8) is 0 Å². The van der Waals surface area contributed by atoms with Crippen LogP contribution >= 0.6 is 0 Å². The molecule has 1 unspecified atom stereocenters. The molecule has 0 saturated heterocycles. The molecule has 1 aromatic carbocycles. The monoisotopic (exact) mass is 208 g/mol. The van der Waals surface area contributed by atoms with Gasteiger partial charge < -0.3 is 15.7 Å². The molecule has 3 heteroatoms. The standard InChI is InChI=1S/C12H20N2O/c1-10-5-4-6-11(7-10)14(3)9-12(2,15)8-13/h4-7,15H,8-9,13H2,1-3H3. The van der Waals surface area contributed by atoms with Crippen molar-refractivity contribution in [3.8, 4) is 0 Å². The highest BCUT2D eigenvalue weighted by atomic mass is 16.3. The van der Waals surface area contributed by atoms with Crippen LogP contribution in [0.5, 0.6) is 0 Å². The molecule has 0 amide bonds. The quantitative estimate of drug-likeness (QED) is 0.780. The first kappa shape index (κ1) is 12.0. The van der Waals surface area contributed by atoms with E-state index in [0.29, 0.717) is 6.54 Å². The fourth-order valence-electron chi connectivity index (χ4n) is 1.53. The van der Waals surface area contributed by atoms with Crippen LogP contribution < -0.4 is 10.6 Å². The summed E-state index contributed by atoms with van der Waals surface area (Å²) in [6, 6.07) is 8.18. The van der Waals surface area contributed by atoms with E-state index in [4.69, 9.17) is 5.73 Å². The number of likely N-dealkylation sites (N-methyl/N-ethyl adjacent to an activating group) is 1. The lowest BCUT2D eigenvalue weighted by atomic mass is 10.1. The van der Waals surface area contributed by atoms with Crippen LogP contribution in [0.2, 0.25) is 0 Å². The van der Waals surface area contributed by atoms with E-state index in [1.165, 1.54) is 5.56 Å². The van der Waals surface area contributed by atoms with Crippen LogP contribution in [-0.2, 0) is 0 Å². The molecular weight excluding hydrogens is 188 g/mol. The minimum absolute atomic E-state index is 0.267. The molecule has 0 aromatic heterocycles. The van der Waals surface area contributed by atoms with E-state index >= 15 is 0 Å². The van der Waals surface area contributed by atoms with Gasteiger partial charge in [0, 0.05) is 25.8 Å². The van der Waals surface area contributed by atoms with Crippen molar-refractivity contribution in [1.82, 2.24) is 0 Å². The van der Waals surface area contributed by atoms with Crippen LogP contribution in [0.15, 0.2) is 24.3 Å². The van der Waals surface area contributed by atoms with E-state index in [9.17, 15) is 5.11 Å². The van der Waals surface area contributed by atoms with Gasteiger partial charge in [-0.25, -0.2) is 0 Å². The molecule has 1 atom stereocenters. The number of hydrogen-bond acceptors (Lipinski definition) is 3. The van der Waals surface area contributed by atoms with Crippen molar-refractivity contribution in [2.24, 2.45) is 5.73 Å². The third kappa shape index (κ3) is 3.53. The molecule has 0 aliphatic carbocycles. The zero-order valence-corrected chi connectivity index (χ0v) is 9.70. The smallest absolute Gasteiger partial charge is 0.0915 e.